The van der Waals surface area contributed by atoms with Crippen molar-refractivity contribution in [2.45, 2.75) is 20.8 Å². The van der Waals surface area contributed by atoms with Gasteiger partial charge in [-0.25, -0.2) is 4.79 Å². The first-order chi connectivity index (χ1) is 9.22. The van der Waals surface area contributed by atoms with Crippen molar-refractivity contribution in [3.8, 4) is 0 Å². The lowest BCUT2D eigenvalue weighted by Gasteiger charge is -2.24. The van der Waals surface area contributed by atoms with E-state index in [1.807, 2.05) is 11.9 Å². The third kappa shape index (κ3) is 3.84. The fraction of sp³-hybridized carbons (Fsp3) is 0.462. The summed E-state index contributed by atoms with van der Waals surface area (Å²) < 4.78 is 0. The van der Waals surface area contributed by atoms with Crippen LogP contribution in [0.15, 0.2) is 12.1 Å². The Bertz CT molecular complexity index is 529. The fourth-order valence-electron chi connectivity index (χ4n) is 2.10. The van der Waals surface area contributed by atoms with Crippen LogP contribution in [0, 0.1) is 23.0 Å². The number of nitro benzene ring substituents is 1. The zero-order valence-electron chi connectivity index (χ0n) is 12.0. The van der Waals surface area contributed by atoms with E-state index in [1.165, 1.54) is 12.1 Å². The quantitative estimate of drug-likeness (QED) is 0.638. The third-order valence-electron chi connectivity index (χ3n) is 2.80. The molecule has 0 saturated heterocycles. The van der Waals surface area contributed by atoms with Gasteiger partial charge in [0.1, 0.15) is 5.69 Å². The Morgan fingerprint density at radius 1 is 1.50 bits per heavy atom. The molecule has 1 aromatic carbocycles. The van der Waals surface area contributed by atoms with E-state index in [9.17, 15) is 14.9 Å². The van der Waals surface area contributed by atoms with Crippen molar-refractivity contribution in [3.63, 3.8) is 0 Å². The van der Waals surface area contributed by atoms with Gasteiger partial charge in [0, 0.05) is 25.3 Å². The van der Waals surface area contributed by atoms with E-state index in [0.717, 1.165) is 17.8 Å². The largest absolute Gasteiger partial charge is 0.465 e. The number of carboxylic acid groups (broad SMARTS) is 1. The second-order valence-corrected chi connectivity index (χ2v) is 5.12. The van der Waals surface area contributed by atoms with Crippen LogP contribution in [0.1, 0.15) is 19.4 Å². The normalized spacial score (nSPS) is 10.4. The van der Waals surface area contributed by atoms with Crippen LogP contribution in [0.5, 0.6) is 0 Å². The van der Waals surface area contributed by atoms with Gasteiger partial charge >= 0.3 is 6.09 Å². The zero-order valence-corrected chi connectivity index (χ0v) is 12.0. The van der Waals surface area contributed by atoms with Gasteiger partial charge in [-0.2, -0.15) is 0 Å². The minimum atomic E-state index is -1.32. The van der Waals surface area contributed by atoms with Crippen molar-refractivity contribution in [1.82, 2.24) is 0 Å². The average molecular weight is 281 g/mol. The molecule has 0 heterocycles. The number of nitro groups is 1. The molecule has 1 amide bonds. The van der Waals surface area contributed by atoms with Gasteiger partial charge in [0.25, 0.3) is 5.69 Å². The number of amides is 1. The molecular formula is C13H19N3O4. The Morgan fingerprint density at radius 2 is 2.10 bits per heavy atom. The van der Waals surface area contributed by atoms with Gasteiger partial charge in [-0.3, -0.25) is 15.4 Å². The van der Waals surface area contributed by atoms with Gasteiger partial charge in [0.15, 0.2) is 0 Å². The molecular weight excluding hydrogens is 262 g/mol. The predicted octanol–water partition coefficient (Wildman–Crippen LogP) is 3.09. The van der Waals surface area contributed by atoms with E-state index in [0.29, 0.717) is 5.92 Å². The monoisotopic (exact) mass is 281 g/mol. The van der Waals surface area contributed by atoms with E-state index in [2.05, 4.69) is 19.2 Å². The van der Waals surface area contributed by atoms with E-state index >= 15 is 0 Å². The molecule has 0 radical (unpaired) electrons. The predicted molar refractivity (Wildman–Crippen MR) is 77.6 cm³/mol. The highest BCUT2D eigenvalue weighted by Gasteiger charge is 2.20. The van der Waals surface area contributed by atoms with E-state index in [1.54, 1.807) is 6.92 Å². The average Bonchev–Trinajstić information content (AvgIpc) is 2.28. The van der Waals surface area contributed by atoms with E-state index in [4.69, 9.17) is 5.11 Å². The van der Waals surface area contributed by atoms with Gasteiger partial charge < -0.3 is 10.0 Å². The Kier molecular flexibility index (Phi) is 4.90. The molecule has 0 aliphatic heterocycles. The molecule has 7 heteroatoms. The van der Waals surface area contributed by atoms with Crippen LogP contribution in [-0.4, -0.2) is 29.7 Å². The standard InChI is InChI=1S/C13H19N3O4/c1-8(2)7-15(4)11-6-10(14-13(17)18)12(16(19)20)5-9(11)3/h5-6,8,14H,7H2,1-4H3,(H,17,18). The van der Waals surface area contributed by atoms with E-state index in [-0.39, 0.29) is 11.4 Å². The highest BCUT2D eigenvalue weighted by Crippen LogP contribution is 2.32. The molecule has 1 aromatic rings. The van der Waals surface area contributed by atoms with Crippen LogP contribution in [0.4, 0.5) is 21.9 Å². The van der Waals surface area contributed by atoms with Crippen molar-refractivity contribution in [2.24, 2.45) is 5.92 Å². The summed E-state index contributed by atoms with van der Waals surface area (Å²) in [4.78, 5) is 23.1. The number of benzene rings is 1. The Hall–Kier alpha value is -2.31. The summed E-state index contributed by atoms with van der Waals surface area (Å²) in [6.45, 7) is 6.66. The Morgan fingerprint density at radius 3 is 2.55 bits per heavy atom. The lowest BCUT2D eigenvalue weighted by atomic mass is 10.1. The van der Waals surface area contributed by atoms with Crippen molar-refractivity contribution < 1.29 is 14.8 Å². The maximum Gasteiger partial charge on any atom is 0.409 e. The molecule has 0 spiro atoms. The molecule has 1 rings (SSSR count). The highest BCUT2D eigenvalue weighted by atomic mass is 16.6. The molecule has 0 aliphatic rings. The first-order valence-electron chi connectivity index (χ1n) is 6.22. The Balaban J connectivity index is 3.26. The summed E-state index contributed by atoms with van der Waals surface area (Å²) >= 11 is 0. The summed E-state index contributed by atoms with van der Waals surface area (Å²) in [6, 6.07) is 2.89. The lowest BCUT2D eigenvalue weighted by molar-refractivity contribution is -0.384. The fourth-order valence-corrected chi connectivity index (χ4v) is 2.10. The summed E-state index contributed by atoms with van der Waals surface area (Å²) in [5, 5.41) is 21.8. The van der Waals surface area contributed by atoms with Crippen molar-refractivity contribution in [1.29, 1.82) is 0 Å². The summed E-state index contributed by atoms with van der Waals surface area (Å²) in [5.41, 5.74) is 1.24. The number of carbonyl (C=O) groups is 1. The summed E-state index contributed by atoms with van der Waals surface area (Å²) in [7, 11) is 1.87. The molecule has 0 atom stereocenters. The topological polar surface area (TPSA) is 95.7 Å². The molecule has 7 nitrogen and oxygen atoms in total. The molecule has 0 unspecified atom stereocenters. The van der Waals surface area contributed by atoms with Crippen LogP contribution < -0.4 is 10.2 Å². The van der Waals surface area contributed by atoms with E-state index < -0.39 is 11.0 Å². The number of hydrogen-bond acceptors (Lipinski definition) is 4. The molecule has 0 saturated carbocycles. The molecule has 0 bridgehead atoms. The second-order valence-electron chi connectivity index (χ2n) is 5.12. The number of nitrogens with one attached hydrogen (secondary N) is 1. The second kappa shape index (κ2) is 6.23. The first kappa shape index (κ1) is 15.7. The maximum absolute atomic E-state index is 11.0. The molecule has 0 fully saturated rings. The summed E-state index contributed by atoms with van der Waals surface area (Å²) in [5.74, 6) is 0.422. The first-order valence-corrected chi connectivity index (χ1v) is 6.22. The molecule has 110 valence electrons. The van der Waals surface area contributed by atoms with Crippen molar-refractivity contribution in [3.05, 3.63) is 27.8 Å². The number of nitrogens with zero attached hydrogens (tertiary/aromatic N) is 2. The molecule has 0 aliphatic carbocycles. The molecule has 2 N–H and O–H groups in total. The van der Waals surface area contributed by atoms with Gasteiger partial charge in [-0.15, -0.1) is 0 Å². The molecule has 0 aromatic heterocycles. The van der Waals surface area contributed by atoms with Crippen molar-refractivity contribution in [2.75, 3.05) is 23.8 Å². The lowest BCUT2D eigenvalue weighted by Crippen LogP contribution is -2.23. The number of aryl methyl sites for hydroxylation is 1. The minimum absolute atomic E-state index is 0.0151. The van der Waals surface area contributed by atoms with Gasteiger partial charge in [0.2, 0.25) is 0 Å². The van der Waals surface area contributed by atoms with Crippen LogP contribution in [0.2, 0.25) is 0 Å². The van der Waals surface area contributed by atoms with Crippen molar-refractivity contribution >= 4 is 23.2 Å². The summed E-state index contributed by atoms with van der Waals surface area (Å²) in [6.07, 6.45) is -1.32. The van der Waals surface area contributed by atoms with Gasteiger partial charge in [-0.05, 0) is 24.5 Å². The van der Waals surface area contributed by atoms with Crippen LogP contribution in [-0.2, 0) is 0 Å². The maximum atomic E-state index is 11.0. The molecule has 20 heavy (non-hydrogen) atoms. The smallest absolute Gasteiger partial charge is 0.409 e. The zero-order chi connectivity index (χ0) is 15.4. The van der Waals surface area contributed by atoms with Crippen LogP contribution in [0.3, 0.4) is 0 Å². The number of anilines is 2. The SMILES string of the molecule is Cc1cc([N+](=O)[O-])c(NC(=O)O)cc1N(C)CC(C)C. The number of rotatable bonds is 5. The number of hydrogen-bond donors (Lipinski definition) is 2. The minimum Gasteiger partial charge on any atom is -0.465 e. The van der Waals surface area contributed by atoms with Crippen LogP contribution in [0.25, 0.3) is 0 Å². The Labute approximate surface area is 117 Å². The van der Waals surface area contributed by atoms with Gasteiger partial charge in [0.05, 0.1) is 4.92 Å². The van der Waals surface area contributed by atoms with Crippen LogP contribution >= 0.6 is 0 Å². The third-order valence-corrected chi connectivity index (χ3v) is 2.80. The highest BCUT2D eigenvalue weighted by molar-refractivity contribution is 5.88. The van der Waals surface area contributed by atoms with Gasteiger partial charge in [-0.1, -0.05) is 13.8 Å².